The molecular formula is C15H15FN2O. The highest BCUT2D eigenvalue weighted by atomic mass is 19.1. The molecule has 0 aliphatic rings. The van der Waals surface area contributed by atoms with Crippen molar-refractivity contribution in [3.63, 3.8) is 0 Å². The molecule has 2 rings (SSSR count). The highest BCUT2D eigenvalue weighted by Gasteiger charge is 2.17. The molecule has 0 heterocycles. The first-order valence-electron chi connectivity index (χ1n) is 5.96. The summed E-state index contributed by atoms with van der Waals surface area (Å²) < 4.78 is 13.6. The molecule has 1 unspecified atom stereocenters. The van der Waals surface area contributed by atoms with E-state index in [4.69, 9.17) is 5.73 Å². The van der Waals surface area contributed by atoms with E-state index in [9.17, 15) is 9.18 Å². The maximum Gasteiger partial charge on any atom is 0.245 e. The smallest absolute Gasteiger partial charge is 0.245 e. The SMILES string of the molecule is Cc1cccc(F)c1NC(=O)C(N)c1ccccc1. The Morgan fingerprint density at radius 1 is 1.16 bits per heavy atom. The number of carbonyl (C=O) groups is 1. The van der Waals surface area contributed by atoms with Gasteiger partial charge in [-0.3, -0.25) is 4.79 Å². The fourth-order valence-electron chi connectivity index (χ4n) is 1.80. The molecule has 1 atom stereocenters. The number of hydrogen-bond donors (Lipinski definition) is 2. The summed E-state index contributed by atoms with van der Waals surface area (Å²) in [7, 11) is 0. The Balaban J connectivity index is 2.18. The normalized spacial score (nSPS) is 11.9. The number of carbonyl (C=O) groups excluding carboxylic acids is 1. The van der Waals surface area contributed by atoms with E-state index in [0.717, 1.165) is 0 Å². The topological polar surface area (TPSA) is 55.1 Å². The van der Waals surface area contributed by atoms with Gasteiger partial charge in [0, 0.05) is 0 Å². The fourth-order valence-corrected chi connectivity index (χ4v) is 1.80. The molecule has 0 bridgehead atoms. The van der Waals surface area contributed by atoms with Crippen molar-refractivity contribution in [3.8, 4) is 0 Å². The van der Waals surface area contributed by atoms with Gasteiger partial charge in [0.25, 0.3) is 0 Å². The highest BCUT2D eigenvalue weighted by Crippen LogP contribution is 2.20. The van der Waals surface area contributed by atoms with Crippen molar-refractivity contribution >= 4 is 11.6 Å². The monoisotopic (exact) mass is 258 g/mol. The van der Waals surface area contributed by atoms with Crippen molar-refractivity contribution in [2.24, 2.45) is 5.73 Å². The summed E-state index contributed by atoms with van der Waals surface area (Å²) in [6.45, 7) is 1.73. The van der Waals surface area contributed by atoms with E-state index in [2.05, 4.69) is 5.32 Å². The molecule has 0 saturated heterocycles. The summed E-state index contributed by atoms with van der Waals surface area (Å²) >= 11 is 0. The van der Waals surface area contributed by atoms with Crippen molar-refractivity contribution in [1.29, 1.82) is 0 Å². The van der Waals surface area contributed by atoms with Crippen LogP contribution in [-0.2, 0) is 4.79 Å². The molecule has 3 nitrogen and oxygen atoms in total. The molecule has 0 spiro atoms. The van der Waals surface area contributed by atoms with E-state index in [-0.39, 0.29) is 5.69 Å². The summed E-state index contributed by atoms with van der Waals surface area (Å²) in [5, 5.41) is 2.54. The zero-order valence-electron chi connectivity index (χ0n) is 10.6. The lowest BCUT2D eigenvalue weighted by Gasteiger charge is -2.14. The molecule has 2 aromatic carbocycles. The molecular weight excluding hydrogens is 243 g/mol. The number of anilines is 1. The summed E-state index contributed by atoms with van der Waals surface area (Å²) in [4.78, 5) is 12.0. The molecule has 0 fully saturated rings. The molecule has 0 aliphatic heterocycles. The minimum absolute atomic E-state index is 0.180. The van der Waals surface area contributed by atoms with Gasteiger partial charge in [-0.15, -0.1) is 0 Å². The van der Waals surface area contributed by atoms with Gasteiger partial charge in [-0.1, -0.05) is 42.5 Å². The molecule has 0 aromatic heterocycles. The van der Waals surface area contributed by atoms with Crippen LogP contribution in [0.2, 0.25) is 0 Å². The predicted molar refractivity (Wildman–Crippen MR) is 73.1 cm³/mol. The first-order valence-corrected chi connectivity index (χ1v) is 5.96. The van der Waals surface area contributed by atoms with Crippen LogP contribution < -0.4 is 11.1 Å². The Hall–Kier alpha value is -2.20. The average molecular weight is 258 g/mol. The third kappa shape index (κ3) is 2.98. The molecule has 0 radical (unpaired) electrons. The minimum atomic E-state index is -0.819. The molecule has 98 valence electrons. The van der Waals surface area contributed by atoms with Crippen LogP contribution in [-0.4, -0.2) is 5.91 Å². The van der Waals surface area contributed by atoms with Gasteiger partial charge in [0.05, 0.1) is 5.69 Å². The number of nitrogens with one attached hydrogen (secondary N) is 1. The number of rotatable bonds is 3. The second-order valence-corrected chi connectivity index (χ2v) is 4.31. The summed E-state index contributed by atoms with van der Waals surface area (Å²) in [6, 6.07) is 12.8. The zero-order chi connectivity index (χ0) is 13.8. The number of aryl methyl sites for hydroxylation is 1. The third-order valence-corrected chi connectivity index (χ3v) is 2.91. The lowest BCUT2D eigenvalue weighted by Crippen LogP contribution is -2.28. The Morgan fingerprint density at radius 2 is 1.84 bits per heavy atom. The Morgan fingerprint density at radius 3 is 2.47 bits per heavy atom. The number of hydrogen-bond acceptors (Lipinski definition) is 2. The van der Waals surface area contributed by atoms with Crippen molar-refractivity contribution in [2.75, 3.05) is 5.32 Å². The van der Waals surface area contributed by atoms with E-state index >= 15 is 0 Å². The van der Waals surface area contributed by atoms with Crippen LogP contribution in [0.4, 0.5) is 10.1 Å². The van der Waals surface area contributed by atoms with Gasteiger partial charge < -0.3 is 11.1 Å². The summed E-state index contributed by atoms with van der Waals surface area (Å²) in [5.41, 5.74) is 7.38. The van der Waals surface area contributed by atoms with E-state index in [1.165, 1.54) is 6.07 Å². The van der Waals surface area contributed by atoms with Crippen molar-refractivity contribution in [3.05, 3.63) is 65.5 Å². The molecule has 0 saturated carbocycles. The van der Waals surface area contributed by atoms with Gasteiger partial charge in [0.15, 0.2) is 0 Å². The van der Waals surface area contributed by atoms with Crippen LogP contribution in [0.5, 0.6) is 0 Å². The van der Waals surface area contributed by atoms with E-state index < -0.39 is 17.8 Å². The quantitative estimate of drug-likeness (QED) is 0.889. The van der Waals surface area contributed by atoms with Gasteiger partial charge in [0.1, 0.15) is 11.9 Å². The van der Waals surface area contributed by atoms with Gasteiger partial charge in [-0.05, 0) is 24.1 Å². The number of nitrogens with two attached hydrogens (primary N) is 1. The number of amides is 1. The number of halogens is 1. The average Bonchev–Trinajstić information content (AvgIpc) is 2.43. The first-order chi connectivity index (χ1) is 9.09. The van der Waals surface area contributed by atoms with Crippen LogP contribution >= 0.6 is 0 Å². The maximum atomic E-state index is 13.6. The van der Waals surface area contributed by atoms with E-state index in [1.807, 2.05) is 6.07 Å². The Labute approximate surface area is 111 Å². The van der Waals surface area contributed by atoms with E-state index in [0.29, 0.717) is 11.1 Å². The third-order valence-electron chi connectivity index (χ3n) is 2.91. The molecule has 4 heteroatoms. The standard InChI is InChI=1S/C15H15FN2O/c1-10-6-5-9-12(16)14(10)18-15(19)13(17)11-7-3-2-4-8-11/h2-9,13H,17H2,1H3,(H,18,19). The molecule has 3 N–H and O–H groups in total. The molecule has 19 heavy (non-hydrogen) atoms. The molecule has 1 amide bonds. The van der Waals surface area contributed by atoms with Crippen molar-refractivity contribution < 1.29 is 9.18 Å². The largest absolute Gasteiger partial charge is 0.322 e. The Kier molecular flexibility index (Phi) is 3.92. The number of para-hydroxylation sites is 1. The van der Waals surface area contributed by atoms with Crippen molar-refractivity contribution in [2.45, 2.75) is 13.0 Å². The maximum absolute atomic E-state index is 13.6. The van der Waals surface area contributed by atoms with Gasteiger partial charge in [-0.25, -0.2) is 4.39 Å². The predicted octanol–water partition coefficient (Wildman–Crippen LogP) is 2.77. The van der Waals surface area contributed by atoms with Gasteiger partial charge >= 0.3 is 0 Å². The number of benzene rings is 2. The van der Waals surface area contributed by atoms with Crippen LogP contribution in [0.15, 0.2) is 48.5 Å². The first kappa shape index (κ1) is 13.2. The van der Waals surface area contributed by atoms with Gasteiger partial charge in [0.2, 0.25) is 5.91 Å². The lowest BCUT2D eigenvalue weighted by molar-refractivity contribution is -0.117. The van der Waals surface area contributed by atoms with Gasteiger partial charge in [-0.2, -0.15) is 0 Å². The Bertz CT molecular complexity index is 564. The van der Waals surface area contributed by atoms with Crippen molar-refractivity contribution in [1.82, 2.24) is 0 Å². The second kappa shape index (κ2) is 5.63. The summed E-state index contributed by atoms with van der Waals surface area (Å²) in [6.07, 6.45) is 0. The summed E-state index contributed by atoms with van der Waals surface area (Å²) in [5.74, 6) is -0.895. The van der Waals surface area contributed by atoms with Crippen LogP contribution in [0.25, 0.3) is 0 Å². The van der Waals surface area contributed by atoms with Crippen LogP contribution in [0, 0.1) is 12.7 Å². The zero-order valence-corrected chi connectivity index (χ0v) is 10.6. The fraction of sp³-hybridized carbons (Fsp3) is 0.133. The molecule has 2 aromatic rings. The van der Waals surface area contributed by atoms with E-state index in [1.54, 1.807) is 43.3 Å². The lowest BCUT2D eigenvalue weighted by atomic mass is 10.1. The highest BCUT2D eigenvalue weighted by molar-refractivity contribution is 5.96. The van der Waals surface area contributed by atoms with Crippen LogP contribution in [0.3, 0.4) is 0 Å². The minimum Gasteiger partial charge on any atom is -0.322 e. The second-order valence-electron chi connectivity index (χ2n) is 4.31. The molecule has 0 aliphatic carbocycles. The van der Waals surface area contributed by atoms with Crippen LogP contribution in [0.1, 0.15) is 17.2 Å².